The first-order valence-electron chi connectivity index (χ1n) is 7.25. The van der Waals surface area contributed by atoms with Crippen LogP contribution in [0.5, 0.6) is 0 Å². The van der Waals surface area contributed by atoms with E-state index in [1.54, 1.807) is 6.07 Å². The van der Waals surface area contributed by atoms with Crippen molar-refractivity contribution >= 4 is 22.6 Å². The molecule has 1 unspecified atom stereocenters. The number of nitrogens with zero attached hydrogens (tertiary/aromatic N) is 3. The smallest absolute Gasteiger partial charge is 0.127 e. The number of fused-ring (bicyclic) bond motifs is 1. The second-order valence-corrected chi connectivity index (χ2v) is 5.98. The van der Waals surface area contributed by atoms with Crippen LogP contribution in [0.4, 0.5) is 4.39 Å². The molecule has 6 heteroatoms. The van der Waals surface area contributed by atoms with Gasteiger partial charge in [0.05, 0.1) is 29.6 Å². The van der Waals surface area contributed by atoms with Crippen LogP contribution < -0.4 is 0 Å². The van der Waals surface area contributed by atoms with E-state index >= 15 is 0 Å². The van der Waals surface area contributed by atoms with Gasteiger partial charge in [0.15, 0.2) is 0 Å². The molecule has 114 valence electrons. The predicted octanol–water partition coefficient (Wildman–Crippen LogP) is 2.81. The normalized spacial score (nSPS) is 18.2. The highest BCUT2D eigenvalue weighted by atomic mass is 35.5. The summed E-state index contributed by atoms with van der Waals surface area (Å²) in [6.07, 6.45) is 0. The van der Waals surface area contributed by atoms with Crippen molar-refractivity contribution in [3.63, 3.8) is 0 Å². The standard InChI is InChI=1S/C15H19ClFN3O/c1-11(16)15-18-13-3-2-12(17)10-14(13)20(15)5-4-19-6-8-21-9-7-19/h2-3,10-11H,4-9H2,1H3. The van der Waals surface area contributed by atoms with Gasteiger partial charge in [-0.25, -0.2) is 9.37 Å². The molecular formula is C15H19ClFN3O. The molecule has 0 N–H and O–H groups in total. The van der Waals surface area contributed by atoms with Crippen LogP contribution >= 0.6 is 11.6 Å². The molecular weight excluding hydrogens is 293 g/mol. The number of hydrogen-bond acceptors (Lipinski definition) is 3. The predicted molar refractivity (Wildman–Crippen MR) is 81.2 cm³/mol. The van der Waals surface area contributed by atoms with Gasteiger partial charge < -0.3 is 9.30 Å². The third-order valence-corrected chi connectivity index (χ3v) is 4.03. The zero-order chi connectivity index (χ0) is 14.8. The van der Waals surface area contributed by atoms with Gasteiger partial charge in [0.1, 0.15) is 11.6 Å². The maximum Gasteiger partial charge on any atom is 0.127 e. The lowest BCUT2D eigenvalue weighted by Gasteiger charge is -2.27. The SMILES string of the molecule is CC(Cl)c1nc2ccc(F)cc2n1CCN1CCOCC1. The van der Waals surface area contributed by atoms with E-state index in [0.717, 1.165) is 56.3 Å². The van der Waals surface area contributed by atoms with E-state index < -0.39 is 0 Å². The Bertz CT molecular complexity index is 623. The van der Waals surface area contributed by atoms with Crippen LogP contribution in [0.2, 0.25) is 0 Å². The minimum atomic E-state index is -0.246. The minimum Gasteiger partial charge on any atom is -0.379 e. The number of morpholine rings is 1. The summed E-state index contributed by atoms with van der Waals surface area (Å²) in [4.78, 5) is 6.88. The van der Waals surface area contributed by atoms with Crippen molar-refractivity contribution in [3.05, 3.63) is 29.8 Å². The Labute approximate surface area is 128 Å². The van der Waals surface area contributed by atoms with Crippen LogP contribution in [0.25, 0.3) is 11.0 Å². The highest BCUT2D eigenvalue weighted by Crippen LogP contribution is 2.25. The molecule has 0 spiro atoms. The van der Waals surface area contributed by atoms with Gasteiger partial charge in [-0.2, -0.15) is 0 Å². The van der Waals surface area contributed by atoms with E-state index in [9.17, 15) is 4.39 Å². The van der Waals surface area contributed by atoms with Gasteiger partial charge in [-0.15, -0.1) is 11.6 Å². The molecule has 1 fully saturated rings. The van der Waals surface area contributed by atoms with Gasteiger partial charge in [-0.05, 0) is 25.1 Å². The second-order valence-electron chi connectivity index (χ2n) is 5.32. The Morgan fingerprint density at radius 1 is 1.33 bits per heavy atom. The van der Waals surface area contributed by atoms with Crippen LogP contribution in [0, 0.1) is 5.82 Å². The summed E-state index contributed by atoms with van der Waals surface area (Å²) in [7, 11) is 0. The molecule has 0 bridgehead atoms. The summed E-state index contributed by atoms with van der Waals surface area (Å²) in [5.41, 5.74) is 1.60. The first kappa shape index (κ1) is 14.8. The fraction of sp³-hybridized carbons (Fsp3) is 0.533. The van der Waals surface area contributed by atoms with Gasteiger partial charge in [0, 0.05) is 26.2 Å². The van der Waals surface area contributed by atoms with E-state index in [1.165, 1.54) is 12.1 Å². The average Bonchev–Trinajstić information content (AvgIpc) is 2.84. The van der Waals surface area contributed by atoms with Crippen LogP contribution in [-0.2, 0) is 11.3 Å². The summed E-state index contributed by atoms with van der Waals surface area (Å²) < 4.78 is 20.9. The monoisotopic (exact) mass is 311 g/mol. The minimum absolute atomic E-state index is 0.204. The van der Waals surface area contributed by atoms with Crippen molar-refractivity contribution in [1.29, 1.82) is 0 Å². The summed E-state index contributed by atoms with van der Waals surface area (Å²) in [5.74, 6) is 0.550. The number of alkyl halides is 1. The van der Waals surface area contributed by atoms with Gasteiger partial charge in [-0.1, -0.05) is 0 Å². The molecule has 1 aromatic carbocycles. The molecule has 21 heavy (non-hydrogen) atoms. The second kappa shape index (κ2) is 6.30. The number of hydrogen-bond donors (Lipinski definition) is 0. The number of ether oxygens (including phenoxy) is 1. The highest BCUT2D eigenvalue weighted by molar-refractivity contribution is 6.20. The number of imidazole rings is 1. The number of halogens is 2. The van der Waals surface area contributed by atoms with Crippen LogP contribution in [-0.4, -0.2) is 47.3 Å². The number of rotatable bonds is 4. The van der Waals surface area contributed by atoms with E-state index in [2.05, 4.69) is 9.88 Å². The van der Waals surface area contributed by atoms with Crippen molar-refractivity contribution in [1.82, 2.24) is 14.5 Å². The van der Waals surface area contributed by atoms with Crippen molar-refractivity contribution in [2.45, 2.75) is 18.8 Å². The first-order chi connectivity index (χ1) is 10.1. The van der Waals surface area contributed by atoms with Crippen molar-refractivity contribution in [2.24, 2.45) is 0 Å². The van der Waals surface area contributed by atoms with Crippen LogP contribution in [0.1, 0.15) is 18.1 Å². The zero-order valence-corrected chi connectivity index (χ0v) is 12.8. The van der Waals surface area contributed by atoms with Gasteiger partial charge in [0.25, 0.3) is 0 Å². The maximum atomic E-state index is 13.5. The lowest BCUT2D eigenvalue weighted by Crippen LogP contribution is -2.38. The van der Waals surface area contributed by atoms with E-state index in [0.29, 0.717) is 0 Å². The van der Waals surface area contributed by atoms with Gasteiger partial charge in [0.2, 0.25) is 0 Å². The fourth-order valence-electron chi connectivity index (χ4n) is 2.72. The molecule has 0 saturated carbocycles. The van der Waals surface area contributed by atoms with Crippen molar-refractivity contribution in [2.75, 3.05) is 32.8 Å². The lowest BCUT2D eigenvalue weighted by molar-refractivity contribution is 0.0364. The molecule has 0 radical (unpaired) electrons. The Morgan fingerprint density at radius 3 is 2.81 bits per heavy atom. The molecule has 2 aromatic rings. The molecule has 0 aliphatic carbocycles. The highest BCUT2D eigenvalue weighted by Gasteiger charge is 2.17. The summed E-state index contributed by atoms with van der Waals surface area (Å²) in [5, 5.41) is -0.204. The topological polar surface area (TPSA) is 30.3 Å². The average molecular weight is 312 g/mol. The van der Waals surface area contributed by atoms with Crippen molar-refractivity contribution in [3.8, 4) is 0 Å². The van der Waals surface area contributed by atoms with Crippen LogP contribution in [0.3, 0.4) is 0 Å². The summed E-state index contributed by atoms with van der Waals surface area (Å²) in [6.45, 7) is 6.97. The maximum absolute atomic E-state index is 13.5. The molecule has 3 rings (SSSR count). The number of benzene rings is 1. The molecule has 2 heterocycles. The quantitative estimate of drug-likeness (QED) is 0.813. The molecule has 0 amide bonds. The Kier molecular flexibility index (Phi) is 4.42. The third kappa shape index (κ3) is 3.20. The van der Waals surface area contributed by atoms with Crippen molar-refractivity contribution < 1.29 is 9.13 Å². The molecule has 1 aliphatic heterocycles. The molecule has 1 aromatic heterocycles. The molecule has 4 nitrogen and oxygen atoms in total. The lowest BCUT2D eigenvalue weighted by atomic mass is 10.3. The Morgan fingerprint density at radius 2 is 2.10 bits per heavy atom. The van der Waals surface area contributed by atoms with E-state index in [-0.39, 0.29) is 11.2 Å². The molecule has 1 saturated heterocycles. The Hall–Kier alpha value is -1.17. The number of aromatic nitrogens is 2. The summed E-state index contributed by atoms with van der Waals surface area (Å²) in [6, 6.07) is 4.67. The molecule has 1 aliphatic rings. The summed E-state index contributed by atoms with van der Waals surface area (Å²) >= 11 is 6.23. The largest absolute Gasteiger partial charge is 0.379 e. The Balaban J connectivity index is 1.87. The van der Waals surface area contributed by atoms with E-state index in [1.807, 2.05) is 11.5 Å². The van der Waals surface area contributed by atoms with E-state index in [4.69, 9.17) is 16.3 Å². The fourth-order valence-corrected chi connectivity index (χ4v) is 2.89. The third-order valence-electron chi connectivity index (χ3n) is 3.84. The first-order valence-corrected chi connectivity index (χ1v) is 7.68. The zero-order valence-electron chi connectivity index (χ0n) is 12.1. The van der Waals surface area contributed by atoms with Gasteiger partial charge >= 0.3 is 0 Å². The van der Waals surface area contributed by atoms with Crippen LogP contribution in [0.15, 0.2) is 18.2 Å². The molecule has 1 atom stereocenters. The van der Waals surface area contributed by atoms with Gasteiger partial charge in [-0.3, -0.25) is 4.90 Å².